The standard InChI is InChI=1S/C14H18O4S/c1-9(19)7-8-11(13(15)16)12(14(17)18)10-5-3-2-4-6-10/h2-6,9,11-12,19H,7-8H2,1H3,(H,15,16)(H,17,18). The Hall–Kier alpha value is -1.49. The van der Waals surface area contributed by atoms with Crippen molar-refractivity contribution >= 4 is 24.6 Å². The van der Waals surface area contributed by atoms with E-state index in [9.17, 15) is 19.8 Å². The molecule has 0 amide bonds. The molecule has 0 aliphatic rings. The molecule has 0 fully saturated rings. The van der Waals surface area contributed by atoms with Crippen molar-refractivity contribution in [3.05, 3.63) is 35.9 Å². The number of carbonyl (C=O) groups is 2. The largest absolute Gasteiger partial charge is 0.481 e. The van der Waals surface area contributed by atoms with Crippen LogP contribution in [0, 0.1) is 5.92 Å². The lowest BCUT2D eigenvalue weighted by Crippen LogP contribution is -2.28. The molecular formula is C14H18O4S. The molecule has 3 unspecified atom stereocenters. The number of rotatable bonds is 7. The van der Waals surface area contributed by atoms with Gasteiger partial charge in [-0.2, -0.15) is 12.6 Å². The van der Waals surface area contributed by atoms with Gasteiger partial charge in [0.2, 0.25) is 0 Å². The molecule has 0 radical (unpaired) electrons. The maximum atomic E-state index is 11.4. The summed E-state index contributed by atoms with van der Waals surface area (Å²) < 4.78 is 0. The molecule has 19 heavy (non-hydrogen) atoms. The van der Waals surface area contributed by atoms with Gasteiger partial charge in [0.05, 0.1) is 11.8 Å². The second-order valence-corrected chi connectivity index (χ2v) is 5.48. The lowest BCUT2D eigenvalue weighted by atomic mass is 9.83. The van der Waals surface area contributed by atoms with E-state index in [1.165, 1.54) is 0 Å². The van der Waals surface area contributed by atoms with Crippen LogP contribution in [-0.4, -0.2) is 27.4 Å². The molecule has 0 aromatic heterocycles. The number of hydrogen-bond acceptors (Lipinski definition) is 3. The quantitative estimate of drug-likeness (QED) is 0.672. The summed E-state index contributed by atoms with van der Waals surface area (Å²) in [6.45, 7) is 1.86. The van der Waals surface area contributed by atoms with E-state index in [2.05, 4.69) is 12.6 Å². The Kier molecular flexibility index (Phi) is 5.89. The van der Waals surface area contributed by atoms with Crippen molar-refractivity contribution in [3.63, 3.8) is 0 Å². The molecule has 2 N–H and O–H groups in total. The van der Waals surface area contributed by atoms with Crippen molar-refractivity contribution in [1.29, 1.82) is 0 Å². The van der Waals surface area contributed by atoms with Gasteiger partial charge in [0.1, 0.15) is 0 Å². The molecule has 0 aliphatic carbocycles. The van der Waals surface area contributed by atoms with Crippen LogP contribution in [-0.2, 0) is 9.59 Å². The van der Waals surface area contributed by atoms with Gasteiger partial charge in [-0.1, -0.05) is 37.3 Å². The Morgan fingerprint density at radius 2 is 1.68 bits per heavy atom. The van der Waals surface area contributed by atoms with E-state index in [4.69, 9.17) is 0 Å². The van der Waals surface area contributed by atoms with E-state index in [1.807, 2.05) is 6.92 Å². The van der Waals surface area contributed by atoms with Crippen molar-refractivity contribution in [1.82, 2.24) is 0 Å². The number of hydrogen-bond donors (Lipinski definition) is 3. The van der Waals surface area contributed by atoms with E-state index in [-0.39, 0.29) is 5.25 Å². The molecule has 4 nitrogen and oxygen atoms in total. The number of carboxylic acid groups (broad SMARTS) is 2. The van der Waals surface area contributed by atoms with E-state index >= 15 is 0 Å². The summed E-state index contributed by atoms with van der Waals surface area (Å²) in [6, 6.07) is 8.50. The number of aliphatic carboxylic acids is 2. The van der Waals surface area contributed by atoms with Gasteiger partial charge in [0, 0.05) is 0 Å². The molecule has 5 heteroatoms. The van der Waals surface area contributed by atoms with Crippen LogP contribution in [0.25, 0.3) is 0 Å². The van der Waals surface area contributed by atoms with Gasteiger partial charge in [0.15, 0.2) is 0 Å². The topological polar surface area (TPSA) is 74.6 Å². The highest BCUT2D eigenvalue weighted by atomic mass is 32.1. The van der Waals surface area contributed by atoms with Crippen molar-refractivity contribution < 1.29 is 19.8 Å². The van der Waals surface area contributed by atoms with Crippen LogP contribution in [0.15, 0.2) is 30.3 Å². The minimum Gasteiger partial charge on any atom is -0.481 e. The summed E-state index contributed by atoms with van der Waals surface area (Å²) in [5.74, 6) is -4.14. The predicted molar refractivity (Wildman–Crippen MR) is 75.6 cm³/mol. The van der Waals surface area contributed by atoms with Crippen LogP contribution < -0.4 is 0 Å². The van der Waals surface area contributed by atoms with Gasteiger partial charge in [-0.05, 0) is 23.7 Å². The Morgan fingerprint density at radius 3 is 2.11 bits per heavy atom. The smallest absolute Gasteiger partial charge is 0.311 e. The minimum absolute atomic E-state index is 0.0482. The normalized spacial score (nSPS) is 15.5. The summed E-state index contributed by atoms with van der Waals surface area (Å²) in [6.07, 6.45) is 0.864. The maximum absolute atomic E-state index is 11.4. The van der Waals surface area contributed by atoms with Crippen molar-refractivity contribution in [2.45, 2.75) is 30.9 Å². The molecule has 0 aliphatic heterocycles. The third-order valence-corrected chi connectivity index (χ3v) is 3.30. The average Bonchev–Trinajstić information content (AvgIpc) is 2.34. The molecule has 0 heterocycles. The van der Waals surface area contributed by atoms with Crippen LogP contribution in [0.4, 0.5) is 0 Å². The van der Waals surface area contributed by atoms with Crippen molar-refractivity contribution in [2.75, 3.05) is 0 Å². The molecule has 3 atom stereocenters. The molecule has 1 aromatic rings. The van der Waals surface area contributed by atoms with Crippen LogP contribution in [0.5, 0.6) is 0 Å². The number of benzene rings is 1. The highest BCUT2D eigenvalue weighted by Crippen LogP contribution is 2.30. The summed E-state index contributed by atoms with van der Waals surface area (Å²) in [5, 5.41) is 18.7. The van der Waals surface area contributed by atoms with Crippen LogP contribution in [0.3, 0.4) is 0 Å². The third kappa shape index (κ3) is 4.59. The molecular weight excluding hydrogens is 264 g/mol. The molecule has 0 bridgehead atoms. The minimum atomic E-state index is -1.11. The lowest BCUT2D eigenvalue weighted by Gasteiger charge is -2.21. The Bertz CT molecular complexity index is 430. The van der Waals surface area contributed by atoms with Gasteiger partial charge in [-0.25, -0.2) is 0 Å². The molecule has 104 valence electrons. The fraction of sp³-hybridized carbons (Fsp3) is 0.429. The predicted octanol–water partition coefficient (Wildman–Crippen LogP) is 2.65. The third-order valence-electron chi connectivity index (χ3n) is 3.04. The van der Waals surface area contributed by atoms with E-state index in [0.717, 1.165) is 0 Å². The first-order valence-corrected chi connectivity index (χ1v) is 6.63. The van der Waals surface area contributed by atoms with Gasteiger partial charge in [-0.3, -0.25) is 9.59 Å². The lowest BCUT2D eigenvalue weighted by molar-refractivity contribution is -0.150. The first kappa shape index (κ1) is 15.6. The summed E-state index contributed by atoms with van der Waals surface area (Å²) in [5.41, 5.74) is 0.522. The maximum Gasteiger partial charge on any atom is 0.311 e. The van der Waals surface area contributed by atoms with E-state index in [0.29, 0.717) is 18.4 Å². The summed E-state index contributed by atoms with van der Waals surface area (Å²) in [4.78, 5) is 22.8. The molecule has 1 aromatic carbocycles. The number of carboxylic acids is 2. The van der Waals surface area contributed by atoms with Gasteiger partial charge in [0.25, 0.3) is 0 Å². The molecule has 0 spiro atoms. The number of thiol groups is 1. The molecule has 0 saturated carbocycles. The zero-order valence-corrected chi connectivity index (χ0v) is 11.6. The van der Waals surface area contributed by atoms with E-state index in [1.54, 1.807) is 30.3 Å². The highest BCUT2D eigenvalue weighted by molar-refractivity contribution is 7.80. The van der Waals surface area contributed by atoms with Crippen LogP contribution in [0.2, 0.25) is 0 Å². The summed E-state index contributed by atoms with van der Waals surface area (Å²) in [7, 11) is 0. The average molecular weight is 282 g/mol. The van der Waals surface area contributed by atoms with Gasteiger partial charge < -0.3 is 10.2 Å². The zero-order valence-electron chi connectivity index (χ0n) is 10.7. The van der Waals surface area contributed by atoms with Gasteiger partial charge >= 0.3 is 11.9 Å². The SMILES string of the molecule is CC(S)CCC(C(=O)O)C(C(=O)O)c1ccccc1. The first-order valence-electron chi connectivity index (χ1n) is 6.12. The van der Waals surface area contributed by atoms with Crippen molar-refractivity contribution in [3.8, 4) is 0 Å². The van der Waals surface area contributed by atoms with Crippen LogP contribution >= 0.6 is 12.6 Å². The zero-order chi connectivity index (χ0) is 14.4. The first-order chi connectivity index (χ1) is 8.93. The fourth-order valence-corrected chi connectivity index (χ4v) is 2.21. The molecule has 0 saturated heterocycles. The molecule has 1 rings (SSSR count). The monoisotopic (exact) mass is 282 g/mol. The fourth-order valence-electron chi connectivity index (χ4n) is 2.06. The Balaban J connectivity index is 3.00. The van der Waals surface area contributed by atoms with Crippen molar-refractivity contribution in [2.24, 2.45) is 5.92 Å². The Labute approximate surface area is 117 Å². The Morgan fingerprint density at radius 1 is 1.11 bits per heavy atom. The second kappa shape index (κ2) is 7.19. The van der Waals surface area contributed by atoms with Gasteiger partial charge in [-0.15, -0.1) is 0 Å². The van der Waals surface area contributed by atoms with Crippen LogP contribution in [0.1, 0.15) is 31.2 Å². The second-order valence-electron chi connectivity index (χ2n) is 4.60. The van der Waals surface area contributed by atoms with E-state index < -0.39 is 23.8 Å². The highest BCUT2D eigenvalue weighted by Gasteiger charge is 2.34. The summed E-state index contributed by atoms with van der Waals surface area (Å²) >= 11 is 4.21.